The summed E-state index contributed by atoms with van der Waals surface area (Å²) in [6.07, 6.45) is 6.41. The van der Waals surface area contributed by atoms with Crippen LogP contribution in [0.15, 0.2) is 36.7 Å². The van der Waals surface area contributed by atoms with Gasteiger partial charge in [0.05, 0.1) is 6.61 Å². The Kier molecular flexibility index (Phi) is 5.74. The Labute approximate surface area is 149 Å². The summed E-state index contributed by atoms with van der Waals surface area (Å²) in [4.78, 5) is 18.7. The summed E-state index contributed by atoms with van der Waals surface area (Å²) in [5, 5.41) is 0. The summed E-state index contributed by atoms with van der Waals surface area (Å²) in [7, 11) is 0. The second kappa shape index (κ2) is 8.19. The Bertz CT molecular complexity index is 693. The number of rotatable bonds is 6. The number of piperidine rings is 1. The smallest absolute Gasteiger partial charge is 0.224 e. The van der Waals surface area contributed by atoms with Crippen molar-refractivity contribution in [2.45, 2.75) is 39.7 Å². The molecule has 0 bridgehead atoms. The summed E-state index contributed by atoms with van der Waals surface area (Å²) < 4.78 is 7.94. The van der Waals surface area contributed by atoms with Gasteiger partial charge in [0, 0.05) is 44.4 Å². The van der Waals surface area contributed by atoms with Crippen molar-refractivity contribution in [1.82, 2.24) is 14.5 Å². The third-order valence-electron chi connectivity index (χ3n) is 4.87. The van der Waals surface area contributed by atoms with Gasteiger partial charge in [0.1, 0.15) is 11.6 Å². The van der Waals surface area contributed by atoms with E-state index in [9.17, 15) is 4.79 Å². The Balaban J connectivity index is 1.46. The summed E-state index contributed by atoms with van der Waals surface area (Å²) in [5.41, 5.74) is 1.23. The van der Waals surface area contributed by atoms with Crippen molar-refractivity contribution in [2.75, 3.05) is 19.7 Å². The first-order valence-corrected chi connectivity index (χ1v) is 9.07. The minimum absolute atomic E-state index is 0.230. The van der Waals surface area contributed by atoms with E-state index in [0.717, 1.165) is 37.5 Å². The van der Waals surface area contributed by atoms with Crippen LogP contribution in [0, 0.1) is 19.8 Å². The zero-order valence-corrected chi connectivity index (χ0v) is 15.1. The first-order valence-electron chi connectivity index (χ1n) is 9.07. The van der Waals surface area contributed by atoms with Gasteiger partial charge in [0.25, 0.3) is 0 Å². The van der Waals surface area contributed by atoms with Crippen molar-refractivity contribution in [3.8, 4) is 5.75 Å². The van der Waals surface area contributed by atoms with Crippen LogP contribution in [-0.4, -0.2) is 40.1 Å². The molecule has 1 aromatic heterocycles. The van der Waals surface area contributed by atoms with Crippen LogP contribution in [0.4, 0.5) is 0 Å². The summed E-state index contributed by atoms with van der Waals surface area (Å²) in [6.45, 7) is 7.07. The second-order valence-corrected chi connectivity index (χ2v) is 6.89. The minimum atomic E-state index is 0.230. The standard InChI is InChI=1S/C20H27N3O2/c1-16-5-7-19(8-6-16)25-15-18-4-3-11-23(14-18)20(24)9-12-22-13-10-21-17(22)2/h5-8,10,13,18H,3-4,9,11-12,14-15H2,1-2H3/t18-/m1/s1. The molecule has 2 aromatic rings. The molecule has 0 saturated carbocycles. The zero-order chi connectivity index (χ0) is 17.6. The molecular formula is C20H27N3O2. The fourth-order valence-electron chi connectivity index (χ4n) is 3.29. The summed E-state index contributed by atoms with van der Waals surface area (Å²) in [6, 6.07) is 8.14. The molecule has 2 heterocycles. The first-order chi connectivity index (χ1) is 12.1. The van der Waals surface area contributed by atoms with Gasteiger partial charge >= 0.3 is 0 Å². The molecule has 1 fully saturated rings. The highest BCUT2D eigenvalue weighted by Gasteiger charge is 2.24. The van der Waals surface area contributed by atoms with Crippen molar-refractivity contribution in [1.29, 1.82) is 0 Å². The number of carbonyl (C=O) groups excluding carboxylic acids is 1. The van der Waals surface area contributed by atoms with Crippen LogP contribution in [0.5, 0.6) is 5.75 Å². The molecule has 5 nitrogen and oxygen atoms in total. The van der Waals surface area contributed by atoms with E-state index in [1.807, 2.05) is 34.7 Å². The van der Waals surface area contributed by atoms with E-state index in [1.54, 1.807) is 6.20 Å². The van der Waals surface area contributed by atoms with E-state index in [4.69, 9.17) is 4.74 Å². The van der Waals surface area contributed by atoms with E-state index in [-0.39, 0.29) is 5.91 Å². The fraction of sp³-hybridized carbons (Fsp3) is 0.500. The Hall–Kier alpha value is -2.30. The molecule has 1 aliphatic rings. The molecule has 25 heavy (non-hydrogen) atoms. The molecule has 3 rings (SSSR count). The molecule has 1 saturated heterocycles. The maximum absolute atomic E-state index is 12.5. The number of amides is 1. The predicted octanol–water partition coefficient (Wildman–Crippen LogP) is 3.21. The number of imidazole rings is 1. The number of nitrogens with zero attached hydrogens (tertiary/aromatic N) is 3. The fourth-order valence-corrected chi connectivity index (χ4v) is 3.29. The number of likely N-dealkylation sites (tertiary alicyclic amines) is 1. The molecule has 0 spiro atoms. The van der Waals surface area contributed by atoms with Crippen LogP contribution in [-0.2, 0) is 11.3 Å². The van der Waals surface area contributed by atoms with E-state index in [1.165, 1.54) is 5.56 Å². The highest BCUT2D eigenvalue weighted by Crippen LogP contribution is 2.20. The van der Waals surface area contributed by atoms with E-state index in [0.29, 0.717) is 25.5 Å². The van der Waals surface area contributed by atoms with Crippen LogP contribution in [0.1, 0.15) is 30.7 Å². The van der Waals surface area contributed by atoms with Gasteiger partial charge in [-0.1, -0.05) is 17.7 Å². The van der Waals surface area contributed by atoms with E-state index < -0.39 is 0 Å². The normalized spacial score (nSPS) is 17.5. The van der Waals surface area contributed by atoms with Gasteiger partial charge < -0.3 is 14.2 Å². The molecule has 5 heteroatoms. The average molecular weight is 341 g/mol. The molecule has 1 aromatic carbocycles. The lowest BCUT2D eigenvalue weighted by molar-refractivity contribution is -0.133. The van der Waals surface area contributed by atoms with Gasteiger partial charge in [-0.3, -0.25) is 4.79 Å². The minimum Gasteiger partial charge on any atom is -0.493 e. The monoisotopic (exact) mass is 341 g/mol. The molecule has 0 N–H and O–H groups in total. The summed E-state index contributed by atoms with van der Waals surface area (Å²) >= 11 is 0. The quantitative estimate of drug-likeness (QED) is 0.810. The highest BCUT2D eigenvalue weighted by molar-refractivity contribution is 5.76. The van der Waals surface area contributed by atoms with E-state index in [2.05, 4.69) is 24.0 Å². The van der Waals surface area contributed by atoms with Crippen molar-refractivity contribution >= 4 is 5.91 Å². The Morgan fingerprint density at radius 1 is 1.28 bits per heavy atom. The van der Waals surface area contributed by atoms with Crippen molar-refractivity contribution in [3.63, 3.8) is 0 Å². The molecule has 134 valence electrons. The average Bonchev–Trinajstić information content (AvgIpc) is 3.04. The van der Waals surface area contributed by atoms with Crippen LogP contribution < -0.4 is 4.74 Å². The number of aromatic nitrogens is 2. The molecule has 1 atom stereocenters. The predicted molar refractivity (Wildman–Crippen MR) is 97.6 cm³/mol. The number of aryl methyl sites for hydroxylation is 3. The van der Waals surface area contributed by atoms with E-state index >= 15 is 0 Å². The Morgan fingerprint density at radius 2 is 2.08 bits per heavy atom. The largest absolute Gasteiger partial charge is 0.493 e. The van der Waals surface area contributed by atoms with Gasteiger partial charge in [0.2, 0.25) is 5.91 Å². The van der Waals surface area contributed by atoms with Gasteiger partial charge in [-0.2, -0.15) is 0 Å². The van der Waals surface area contributed by atoms with Crippen molar-refractivity contribution in [2.24, 2.45) is 5.92 Å². The van der Waals surface area contributed by atoms with Crippen molar-refractivity contribution in [3.05, 3.63) is 48.0 Å². The number of hydrogen-bond acceptors (Lipinski definition) is 3. The first kappa shape index (κ1) is 17.5. The highest BCUT2D eigenvalue weighted by atomic mass is 16.5. The van der Waals surface area contributed by atoms with Gasteiger partial charge in [-0.15, -0.1) is 0 Å². The number of ether oxygens (including phenoxy) is 1. The van der Waals surface area contributed by atoms with Gasteiger partial charge in [-0.25, -0.2) is 4.98 Å². The lowest BCUT2D eigenvalue weighted by Crippen LogP contribution is -2.41. The molecular weight excluding hydrogens is 314 g/mol. The van der Waals surface area contributed by atoms with Crippen LogP contribution in [0.25, 0.3) is 0 Å². The third kappa shape index (κ3) is 4.84. The molecule has 0 aliphatic carbocycles. The molecule has 1 amide bonds. The molecule has 0 unspecified atom stereocenters. The lowest BCUT2D eigenvalue weighted by atomic mass is 9.98. The zero-order valence-electron chi connectivity index (χ0n) is 15.1. The third-order valence-corrected chi connectivity index (χ3v) is 4.87. The van der Waals surface area contributed by atoms with Gasteiger partial charge in [-0.05, 0) is 38.8 Å². The number of hydrogen-bond donors (Lipinski definition) is 0. The van der Waals surface area contributed by atoms with Crippen LogP contribution >= 0.6 is 0 Å². The van der Waals surface area contributed by atoms with Crippen molar-refractivity contribution < 1.29 is 9.53 Å². The topological polar surface area (TPSA) is 47.4 Å². The SMILES string of the molecule is Cc1ccc(OC[C@@H]2CCCN(C(=O)CCn3ccnc3C)C2)cc1. The second-order valence-electron chi connectivity index (χ2n) is 6.89. The maximum Gasteiger partial charge on any atom is 0.224 e. The molecule has 0 radical (unpaired) electrons. The lowest BCUT2D eigenvalue weighted by Gasteiger charge is -2.32. The number of benzene rings is 1. The van der Waals surface area contributed by atoms with Crippen LogP contribution in [0.3, 0.4) is 0 Å². The van der Waals surface area contributed by atoms with Crippen LogP contribution in [0.2, 0.25) is 0 Å². The number of carbonyl (C=O) groups is 1. The maximum atomic E-state index is 12.5. The summed E-state index contributed by atoms with van der Waals surface area (Å²) in [5.74, 6) is 2.50. The Morgan fingerprint density at radius 3 is 2.80 bits per heavy atom. The molecule has 1 aliphatic heterocycles. The van der Waals surface area contributed by atoms with Gasteiger partial charge in [0.15, 0.2) is 0 Å².